The highest BCUT2D eigenvalue weighted by atomic mass is 32.2. The molecule has 0 aromatic heterocycles. The second kappa shape index (κ2) is 9.16. The first kappa shape index (κ1) is 21.5. The molecule has 3 aromatic carbocycles. The Labute approximate surface area is 184 Å². The SMILES string of the molecule is O=S(=O)(O)CCC[N+]1=Cc2ccccc2C(Cc2ccccc2)(Cc2ccccc2)C1. The molecule has 1 aliphatic heterocycles. The van der Waals surface area contributed by atoms with E-state index >= 15 is 0 Å². The highest BCUT2D eigenvalue weighted by molar-refractivity contribution is 7.85. The van der Waals surface area contributed by atoms with E-state index in [1.165, 1.54) is 22.3 Å². The van der Waals surface area contributed by atoms with Gasteiger partial charge in [-0.05, 0) is 35.6 Å². The van der Waals surface area contributed by atoms with Crippen molar-refractivity contribution in [3.63, 3.8) is 0 Å². The van der Waals surface area contributed by atoms with Crippen LogP contribution in [0.3, 0.4) is 0 Å². The van der Waals surface area contributed by atoms with Crippen molar-refractivity contribution in [3.05, 3.63) is 107 Å². The molecule has 31 heavy (non-hydrogen) atoms. The van der Waals surface area contributed by atoms with Crippen molar-refractivity contribution < 1.29 is 17.5 Å². The van der Waals surface area contributed by atoms with Gasteiger partial charge in [0.25, 0.3) is 10.1 Å². The highest BCUT2D eigenvalue weighted by Gasteiger charge is 2.41. The van der Waals surface area contributed by atoms with Crippen LogP contribution in [0.5, 0.6) is 0 Å². The molecule has 4 rings (SSSR count). The summed E-state index contributed by atoms with van der Waals surface area (Å²) in [4.78, 5) is 0. The topological polar surface area (TPSA) is 57.4 Å². The van der Waals surface area contributed by atoms with Gasteiger partial charge in [0.05, 0.1) is 11.2 Å². The molecule has 0 amide bonds. The first-order valence-electron chi connectivity index (χ1n) is 10.7. The minimum atomic E-state index is -3.95. The summed E-state index contributed by atoms with van der Waals surface area (Å²) in [6.07, 6.45) is 4.31. The molecule has 0 atom stereocenters. The van der Waals surface area contributed by atoms with Crippen LogP contribution in [0.2, 0.25) is 0 Å². The monoisotopic (exact) mass is 434 g/mol. The van der Waals surface area contributed by atoms with Crippen molar-refractivity contribution in [2.24, 2.45) is 0 Å². The lowest BCUT2D eigenvalue weighted by atomic mass is 9.68. The molecular formula is C26H28NO3S+. The van der Waals surface area contributed by atoms with Gasteiger partial charge < -0.3 is 0 Å². The summed E-state index contributed by atoms with van der Waals surface area (Å²) < 4.78 is 33.8. The summed E-state index contributed by atoms with van der Waals surface area (Å²) in [5, 5.41) is 0. The van der Waals surface area contributed by atoms with E-state index in [9.17, 15) is 8.42 Å². The van der Waals surface area contributed by atoms with Gasteiger partial charge >= 0.3 is 0 Å². The van der Waals surface area contributed by atoms with Crippen LogP contribution in [-0.2, 0) is 28.4 Å². The Morgan fingerprint density at radius 2 is 1.35 bits per heavy atom. The Bertz CT molecular complexity index is 1110. The Morgan fingerprint density at radius 1 is 0.806 bits per heavy atom. The van der Waals surface area contributed by atoms with Crippen LogP contribution < -0.4 is 0 Å². The summed E-state index contributed by atoms with van der Waals surface area (Å²) >= 11 is 0. The third-order valence-corrected chi connectivity index (χ3v) is 6.78. The maximum Gasteiger partial charge on any atom is 0.265 e. The van der Waals surface area contributed by atoms with Gasteiger partial charge in [0.15, 0.2) is 12.8 Å². The number of nitrogens with zero attached hydrogens (tertiary/aromatic N) is 1. The van der Waals surface area contributed by atoms with Gasteiger partial charge in [-0.25, -0.2) is 4.58 Å². The molecule has 0 saturated heterocycles. The van der Waals surface area contributed by atoms with Crippen molar-refractivity contribution in [1.29, 1.82) is 0 Å². The molecule has 5 heteroatoms. The summed E-state index contributed by atoms with van der Waals surface area (Å²) in [7, 11) is -3.95. The zero-order valence-electron chi connectivity index (χ0n) is 17.5. The van der Waals surface area contributed by atoms with Crippen molar-refractivity contribution in [2.75, 3.05) is 18.8 Å². The Balaban J connectivity index is 1.73. The molecule has 160 valence electrons. The second-order valence-corrected chi connectivity index (χ2v) is 10.0. The standard InChI is InChI=1S/C26H27NO3S/c28-31(29,30)17-9-16-27-20-24-14-7-8-15-25(24)26(21-27,18-22-10-3-1-4-11-22)19-23-12-5-2-6-13-23/h1-8,10-15,20H,9,16-19,21H2/p+1. The van der Waals surface area contributed by atoms with Gasteiger partial charge in [0.2, 0.25) is 0 Å². The van der Waals surface area contributed by atoms with E-state index in [1.54, 1.807) is 0 Å². The molecule has 0 saturated carbocycles. The summed E-state index contributed by atoms with van der Waals surface area (Å²) in [6, 6.07) is 29.6. The molecule has 0 spiro atoms. The highest BCUT2D eigenvalue weighted by Crippen LogP contribution is 2.37. The zero-order valence-corrected chi connectivity index (χ0v) is 18.3. The zero-order chi connectivity index (χ0) is 21.7. The van der Waals surface area contributed by atoms with E-state index in [0.717, 1.165) is 19.4 Å². The average Bonchev–Trinajstić information content (AvgIpc) is 2.74. The van der Waals surface area contributed by atoms with Crippen molar-refractivity contribution in [3.8, 4) is 0 Å². The predicted octanol–water partition coefficient (Wildman–Crippen LogP) is 4.13. The largest absolute Gasteiger partial charge is 0.286 e. The van der Waals surface area contributed by atoms with Crippen LogP contribution in [0, 0.1) is 0 Å². The molecule has 4 nitrogen and oxygen atoms in total. The average molecular weight is 435 g/mol. The van der Waals surface area contributed by atoms with Gasteiger partial charge in [-0.1, -0.05) is 78.9 Å². The minimum Gasteiger partial charge on any atom is -0.286 e. The van der Waals surface area contributed by atoms with Crippen LogP contribution >= 0.6 is 0 Å². The van der Waals surface area contributed by atoms with Crippen molar-refractivity contribution in [2.45, 2.75) is 24.7 Å². The van der Waals surface area contributed by atoms with E-state index < -0.39 is 10.1 Å². The van der Waals surface area contributed by atoms with Gasteiger partial charge in [0, 0.05) is 12.0 Å². The number of hydrogen-bond donors (Lipinski definition) is 1. The van der Waals surface area contributed by atoms with Crippen molar-refractivity contribution in [1.82, 2.24) is 0 Å². The maximum absolute atomic E-state index is 11.2. The van der Waals surface area contributed by atoms with Crippen LogP contribution in [-0.4, -0.2) is 42.6 Å². The van der Waals surface area contributed by atoms with E-state index in [1.807, 2.05) is 18.2 Å². The van der Waals surface area contributed by atoms with Crippen LogP contribution in [0.4, 0.5) is 0 Å². The Hall–Kier alpha value is -2.76. The molecule has 1 aliphatic rings. The van der Waals surface area contributed by atoms with Crippen LogP contribution in [0.25, 0.3) is 0 Å². The lowest BCUT2D eigenvalue weighted by molar-refractivity contribution is -0.534. The first-order valence-corrected chi connectivity index (χ1v) is 12.3. The summed E-state index contributed by atoms with van der Waals surface area (Å²) in [5.41, 5.74) is 4.92. The number of fused-ring (bicyclic) bond motifs is 1. The molecule has 0 radical (unpaired) electrons. The van der Waals surface area contributed by atoms with Gasteiger partial charge in [0.1, 0.15) is 6.54 Å². The number of rotatable bonds is 8. The molecule has 1 heterocycles. The van der Waals surface area contributed by atoms with Crippen molar-refractivity contribution >= 4 is 16.3 Å². The molecule has 3 aromatic rings. The molecule has 1 N–H and O–H groups in total. The molecule has 0 unspecified atom stereocenters. The smallest absolute Gasteiger partial charge is 0.265 e. The van der Waals surface area contributed by atoms with E-state index in [0.29, 0.717) is 13.0 Å². The first-order chi connectivity index (χ1) is 14.9. The predicted molar refractivity (Wildman–Crippen MR) is 125 cm³/mol. The minimum absolute atomic E-state index is 0.147. The van der Waals surface area contributed by atoms with Crippen LogP contribution in [0.1, 0.15) is 28.7 Å². The molecule has 0 aliphatic carbocycles. The lowest BCUT2D eigenvalue weighted by Crippen LogP contribution is -2.45. The Morgan fingerprint density at radius 3 is 1.94 bits per heavy atom. The van der Waals surface area contributed by atoms with E-state index in [2.05, 4.69) is 77.5 Å². The Kier molecular flexibility index (Phi) is 6.35. The molecule has 0 bridgehead atoms. The molecule has 0 fully saturated rings. The quantitative estimate of drug-likeness (QED) is 0.428. The number of hydrogen-bond acceptors (Lipinski definition) is 2. The van der Waals surface area contributed by atoms with Crippen LogP contribution in [0.15, 0.2) is 84.9 Å². The second-order valence-electron chi connectivity index (χ2n) is 8.43. The summed E-state index contributed by atoms with van der Waals surface area (Å²) in [5.74, 6) is -0.219. The van der Waals surface area contributed by atoms with E-state index in [4.69, 9.17) is 4.55 Å². The fraction of sp³-hybridized carbons (Fsp3) is 0.269. The lowest BCUT2D eigenvalue weighted by Gasteiger charge is -2.36. The van der Waals surface area contributed by atoms with E-state index in [-0.39, 0.29) is 11.2 Å². The number of benzene rings is 3. The van der Waals surface area contributed by atoms with Gasteiger partial charge in [-0.2, -0.15) is 8.42 Å². The fourth-order valence-electron chi connectivity index (χ4n) is 4.74. The fourth-order valence-corrected chi connectivity index (χ4v) is 5.23. The normalized spacial score (nSPS) is 15.2. The third-order valence-electron chi connectivity index (χ3n) is 5.98. The summed E-state index contributed by atoms with van der Waals surface area (Å²) in [6.45, 7) is 1.37. The maximum atomic E-state index is 11.2. The van der Waals surface area contributed by atoms with Gasteiger partial charge in [-0.3, -0.25) is 4.55 Å². The third kappa shape index (κ3) is 5.49. The molecular weight excluding hydrogens is 406 g/mol. The van der Waals surface area contributed by atoms with Gasteiger partial charge in [-0.15, -0.1) is 0 Å².